The molecular weight excluding hydrogens is 254 g/mol. The Bertz CT molecular complexity index is 663. The molecule has 1 heterocycles. The van der Waals surface area contributed by atoms with Gasteiger partial charge in [0.05, 0.1) is 0 Å². The Hall–Kier alpha value is -2.43. The summed E-state index contributed by atoms with van der Waals surface area (Å²) in [5.41, 5.74) is 0.939. The Morgan fingerprint density at radius 3 is 2.65 bits per heavy atom. The van der Waals surface area contributed by atoms with Crippen molar-refractivity contribution in [3.8, 4) is 0 Å². The summed E-state index contributed by atoms with van der Waals surface area (Å²) in [5, 5.41) is 3.07. The van der Waals surface area contributed by atoms with Crippen molar-refractivity contribution in [3.63, 3.8) is 0 Å². The molecule has 0 bridgehead atoms. The Morgan fingerprint density at radius 1 is 1.30 bits per heavy atom. The second-order valence-corrected chi connectivity index (χ2v) is 4.57. The lowest BCUT2D eigenvalue weighted by Crippen LogP contribution is -2.26. The molecular formula is C15H17N3O2. The molecule has 0 fully saturated rings. The number of anilines is 1. The van der Waals surface area contributed by atoms with Gasteiger partial charge >= 0.3 is 0 Å². The highest BCUT2D eigenvalue weighted by Crippen LogP contribution is 2.07. The van der Waals surface area contributed by atoms with Gasteiger partial charge in [0.2, 0.25) is 0 Å². The molecule has 1 N–H and O–H groups in total. The number of carbonyl (C=O) groups is 1. The highest BCUT2D eigenvalue weighted by molar-refractivity contribution is 5.81. The van der Waals surface area contributed by atoms with Crippen molar-refractivity contribution in [2.75, 3.05) is 11.9 Å². The molecule has 0 radical (unpaired) electrons. The molecule has 2 rings (SSSR count). The lowest BCUT2D eigenvalue weighted by molar-refractivity contribution is 0.112. The minimum Gasteiger partial charge on any atom is -0.369 e. The third-order valence-corrected chi connectivity index (χ3v) is 3.22. The molecule has 104 valence electrons. The first-order valence-corrected chi connectivity index (χ1v) is 6.44. The van der Waals surface area contributed by atoms with Gasteiger partial charge in [-0.15, -0.1) is 0 Å². The van der Waals surface area contributed by atoms with Crippen LogP contribution in [0, 0.1) is 6.92 Å². The zero-order valence-corrected chi connectivity index (χ0v) is 11.6. The van der Waals surface area contributed by atoms with Crippen LogP contribution in [0.5, 0.6) is 0 Å². The lowest BCUT2D eigenvalue weighted by atomic mass is 10.1. The zero-order valence-electron chi connectivity index (χ0n) is 11.6. The summed E-state index contributed by atoms with van der Waals surface area (Å²) in [6.45, 7) is 2.35. The number of rotatable bonds is 5. The monoisotopic (exact) mass is 271 g/mol. The number of nitrogens with zero attached hydrogens (tertiary/aromatic N) is 2. The van der Waals surface area contributed by atoms with Crippen LogP contribution in [0.1, 0.15) is 21.7 Å². The second-order valence-electron chi connectivity index (χ2n) is 4.57. The molecule has 2 aromatic rings. The molecule has 0 aliphatic rings. The van der Waals surface area contributed by atoms with Gasteiger partial charge in [0.1, 0.15) is 17.2 Å². The lowest BCUT2D eigenvalue weighted by Gasteiger charge is -2.11. The maximum Gasteiger partial charge on any atom is 0.266 e. The van der Waals surface area contributed by atoms with Crippen molar-refractivity contribution in [1.29, 1.82) is 0 Å². The summed E-state index contributed by atoms with van der Waals surface area (Å²) in [4.78, 5) is 27.2. The van der Waals surface area contributed by atoms with Crippen molar-refractivity contribution in [2.45, 2.75) is 13.3 Å². The topological polar surface area (TPSA) is 64.0 Å². The van der Waals surface area contributed by atoms with Gasteiger partial charge in [-0.05, 0) is 18.9 Å². The van der Waals surface area contributed by atoms with E-state index in [9.17, 15) is 9.59 Å². The molecule has 20 heavy (non-hydrogen) atoms. The van der Waals surface area contributed by atoms with Gasteiger partial charge < -0.3 is 5.32 Å². The van der Waals surface area contributed by atoms with Crippen molar-refractivity contribution in [2.24, 2.45) is 7.05 Å². The average Bonchev–Trinajstić information content (AvgIpc) is 2.46. The third-order valence-electron chi connectivity index (χ3n) is 3.22. The molecule has 5 nitrogen and oxygen atoms in total. The largest absolute Gasteiger partial charge is 0.369 e. The fourth-order valence-corrected chi connectivity index (χ4v) is 1.94. The van der Waals surface area contributed by atoms with E-state index in [2.05, 4.69) is 10.3 Å². The fraction of sp³-hybridized carbons (Fsp3) is 0.267. The summed E-state index contributed by atoms with van der Waals surface area (Å²) in [6.07, 6.45) is 1.36. The minimum atomic E-state index is -0.324. The maximum absolute atomic E-state index is 11.9. The van der Waals surface area contributed by atoms with Crippen molar-refractivity contribution in [3.05, 3.63) is 57.6 Å². The highest BCUT2D eigenvalue weighted by Gasteiger charge is 2.11. The van der Waals surface area contributed by atoms with E-state index in [0.717, 1.165) is 6.42 Å². The SMILES string of the molecule is Cc1nc(NCCc2ccccc2)c(C=O)c(=O)n1C. The maximum atomic E-state index is 11.9. The fourth-order valence-electron chi connectivity index (χ4n) is 1.94. The first kappa shape index (κ1) is 14.0. The Morgan fingerprint density at radius 2 is 2.00 bits per heavy atom. The van der Waals surface area contributed by atoms with E-state index in [4.69, 9.17) is 0 Å². The molecule has 0 unspecified atom stereocenters. The van der Waals surface area contributed by atoms with Crippen LogP contribution >= 0.6 is 0 Å². The normalized spacial score (nSPS) is 10.3. The van der Waals surface area contributed by atoms with Gasteiger partial charge in [0.25, 0.3) is 5.56 Å². The second kappa shape index (κ2) is 6.14. The molecule has 1 aromatic heterocycles. The summed E-state index contributed by atoms with van der Waals surface area (Å²) >= 11 is 0. The number of benzene rings is 1. The number of aldehydes is 1. The van der Waals surface area contributed by atoms with Gasteiger partial charge in [-0.2, -0.15) is 0 Å². The van der Waals surface area contributed by atoms with Crippen molar-refractivity contribution < 1.29 is 4.79 Å². The molecule has 0 aliphatic carbocycles. The van der Waals surface area contributed by atoms with Crippen LogP contribution in [0.15, 0.2) is 35.1 Å². The predicted molar refractivity (Wildman–Crippen MR) is 78.2 cm³/mol. The molecule has 1 aromatic carbocycles. The van der Waals surface area contributed by atoms with Crippen LogP contribution in [-0.2, 0) is 13.5 Å². The number of nitrogens with one attached hydrogen (secondary N) is 1. The molecule has 0 aliphatic heterocycles. The Labute approximate surface area is 117 Å². The van der Waals surface area contributed by atoms with Gasteiger partial charge in [-0.25, -0.2) is 4.98 Å². The van der Waals surface area contributed by atoms with Crippen molar-refractivity contribution >= 4 is 12.1 Å². The predicted octanol–water partition coefficient (Wildman–Crippen LogP) is 1.56. The minimum absolute atomic E-state index is 0.0751. The van der Waals surface area contributed by atoms with E-state index in [1.807, 2.05) is 30.3 Å². The van der Waals surface area contributed by atoms with E-state index in [1.165, 1.54) is 10.1 Å². The number of aryl methyl sites for hydroxylation is 1. The van der Waals surface area contributed by atoms with Gasteiger partial charge in [-0.3, -0.25) is 14.2 Å². The summed E-state index contributed by atoms with van der Waals surface area (Å²) < 4.78 is 1.37. The van der Waals surface area contributed by atoms with E-state index in [-0.39, 0.29) is 11.1 Å². The van der Waals surface area contributed by atoms with Crippen LogP contribution in [0.2, 0.25) is 0 Å². The van der Waals surface area contributed by atoms with Gasteiger partial charge in [0.15, 0.2) is 6.29 Å². The van der Waals surface area contributed by atoms with E-state index >= 15 is 0 Å². The standard InChI is InChI=1S/C15H17N3O2/c1-11-17-14(13(10-19)15(20)18(11)2)16-9-8-12-6-4-3-5-7-12/h3-7,10,16H,8-9H2,1-2H3. The quantitative estimate of drug-likeness (QED) is 0.838. The first-order chi connectivity index (χ1) is 9.63. The first-order valence-electron chi connectivity index (χ1n) is 6.44. The van der Waals surface area contributed by atoms with E-state index in [1.54, 1.807) is 14.0 Å². The van der Waals surface area contributed by atoms with Gasteiger partial charge in [-0.1, -0.05) is 30.3 Å². The Kier molecular flexibility index (Phi) is 4.30. The van der Waals surface area contributed by atoms with Crippen LogP contribution in [0.4, 0.5) is 5.82 Å². The van der Waals surface area contributed by atoms with Crippen LogP contribution < -0.4 is 10.9 Å². The number of hydrogen-bond acceptors (Lipinski definition) is 4. The van der Waals surface area contributed by atoms with E-state index in [0.29, 0.717) is 24.5 Å². The smallest absolute Gasteiger partial charge is 0.266 e. The summed E-state index contributed by atoms with van der Waals surface area (Å²) in [5.74, 6) is 0.930. The zero-order chi connectivity index (χ0) is 14.5. The van der Waals surface area contributed by atoms with Crippen LogP contribution in [-0.4, -0.2) is 22.4 Å². The highest BCUT2D eigenvalue weighted by atomic mass is 16.1. The summed E-state index contributed by atoms with van der Waals surface area (Å²) in [6, 6.07) is 9.99. The molecule has 0 saturated carbocycles. The van der Waals surface area contributed by atoms with Gasteiger partial charge in [0, 0.05) is 13.6 Å². The summed E-state index contributed by atoms with van der Waals surface area (Å²) in [7, 11) is 1.60. The van der Waals surface area contributed by atoms with Crippen molar-refractivity contribution in [1.82, 2.24) is 9.55 Å². The molecule has 5 heteroatoms. The van der Waals surface area contributed by atoms with Crippen LogP contribution in [0.3, 0.4) is 0 Å². The third kappa shape index (κ3) is 2.93. The number of aromatic nitrogens is 2. The number of carbonyl (C=O) groups excluding carboxylic acids is 1. The Balaban J connectivity index is 2.14. The molecule has 0 saturated heterocycles. The molecule has 0 atom stereocenters. The van der Waals surface area contributed by atoms with Crippen LogP contribution in [0.25, 0.3) is 0 Å². The molecule has 0 amide bonds. The number of hydrogen-bond donors (Lipinski definition) is 1. The average molecular weight is 271 g/mol. The molecule has 0 spiro atoms. The van der Waals surface area contributed by atoms with E-state index < -0.39 is 0 Å².